The molecule has 1 N–H and O–H groups in total. The van der Waals surface area contributed by atoms with E-state index in [0.717, 1.165) is 24.0 Å². The zero-order chi connectivity index (χ0) is 13.9. The van der Waals surface area contributed by atoms with Crippen molar-refractivity contribution in [2.24, 2.45) is 0 Å². The minimum Gasteiger partial charge on any atom is -0.386 e. The Kier molecular flexibility index (Phi) is 5.20. The summed E-state index contributed by atoms with van der Waals surface area (Å²) in [5.74, 6) is 0. The monoisotopic (exact) mass is 269 g/mol. The van der Waals surface area contributed by atoms with Crippen LogP contribution in [0.3, 0.4) is 0 Å². The smallest absolute Gasteiger partial charge is 0.0973 e. The van der Waals surface area contributed by atoms with Crippen molar-refractivity contribution in [3.8, 4) is 0 Å². The Morgan fingerprint density at radius 1 is 1.28 bits per heavy atom. The topological polar surface area (TPSA) is 23.5 Å². The summed E-state index contributed by atoms with van der Waals surface area (Å²) < 4.78 is 0. The number of benzene rings is 1. The molecule has 18 heavy (non-hydrogen) atoms. The summed E-state index contributed by atoms with van der Waals surface area (Å²) >= 11 is 6.15. The number of rotatable bonds is 5. The summed E-state index contributed by atoms with van der Waals surface area (Å²) in [7, 11) is 4.04. The molecule has 0 aliphatic heterocycles. The van der Waals surface area contributed by atoms with Gasteiger partial charge in [0.1, 0.15) is 0 Å². The van der Waals surface area contributed by atoms with E-state index in [1.165, 1.54) is 0 Å². The molecule has 0 fully saturated rings. The lowest BCUT2D eigenvalue weighted by atomic mass is 9.81. The quantitative estimate of drug-likeness (QED) is 0.879. The maximum atomic E-state index is 10.7. The third-order valence-electron chi connectivity index (χ3n) is 4.14. The summed E-state index contributed by atoms with van der Waals surface area (Å²) in [6.07, 6.45) is 1.26. The van der Waals surface area contributed by atoms with Gasteiger partial charge in [-0.1, -0.05) is 37.6 Å². The first-order chi connectivity index (χ1) is 8.39. The molecule has 102 valence electrons. The first kappa shape index (κ1) is 15.5. The molecule has 1 aromatic rings. The van der Waals surface area contributed by atoms with Crippen LogP contribution in [0.5, 0.6) is 0 Å². The SMILES string of the molecule is CCC(CC)(C(O)c1ccc(C)c(Cl)c1)N(C)C. The molecule has 0 saturated heterocycles. The van der Waals surface area contributed by atoms with Crippen LogP contribution in [0.25, 0.3) is 0 Å². The fraction of sp³-hybridized carbons (Fsp3) is 0.600. The second-order valence-electron chi connectivity index (χ2n) is 5.12. The third-order valence-corrected chi connectivity index (χ3v) is 4.54. The highest BCUT2D eigenvalue weighted by Crippen LogP contribution is 2.36. The molecule has 3 heteroatoms. The average Bonchev–Trinajstić information content (AvgIpc) is 2.34. The molecule has 1 aromatic carbocycles. The van der Waals surface area contributed by atoms with Crippen LogP contribution in [0.1, 0.15) is 43.9 Å². The van der Waals surface area contributed by atoms with Crippen molar-refractivity contribution in [2.75, 3.05) is 14.1 Å². The lowest BCUT2D eigenvalue weighted by Gasteiger charge is -2.42. The van der Waals surface area contributed by atoms with Gasteiger partial charge >= 0.3 is 0 Å². The van der Waals surface area contributed by atoms with Gasteiger partial charge < -0.3 is 10.0 Å². The van der Waals surface area contributed by atoms with E-state index in [1.807, 2.05) is 39.2 Å². The molecule has 0 amide bonds. The molecular formula is C15H24ClNO. The van der Waals surface area contributed by atoms with Crippen LogP contribution in [0.15, 0.2) is 18.2 Å². The van der Waals surface area contributed by atoms with Crippen molar-refractivity contribution in [3.63, 3.8) is 0 Å². The number of hydrogen-bond donors (Lipinski definition) is 1. The summed E-state index contributed by atoms with van der Waals surface area (Å²) in [6.45, 7) is 6.20. The zero-order valence-electron chi connectivity index (χ0n) is 12.0. The first-order valence-corrected chi connectivity index (χ1v) is 6.88. The number of aliphatic hydroxyl groups is 1. The highest BCUT2D eigenvalue weighted by atomic mass is 35.5. The predicted octanol–water partition coefficient (Wildman–Crippen LogP) is 3.80. The van der Waals surface area contributed by atoms with Gasteiger partial charge in [0.15, 0.2) is 0 Å². The van der Waals surface area contributed by atoms with E-state index < -0.39 is 6.10 Å². The van der Waals surface area contributed by atoms with E-state index in [9.17, 15) is 5.11 Å². The van der Waals surface area contributed by atoms with Gasteiger partial charge in [0.25, 0.3) is 0 Å². The number of aryl methyl sites for hydroxylation is 1. The minimum absolute atomic E-state index is 0.238. The molecule has 0 aliphatic rings. The molecule has 0 aliphatic carbocycles. The van der Waals surface area contributed by atoms with Gasteiger partial charge in [0.05, 0.1) is 6.10 Å². The van der Waals surface area contributed by atoms with Gasteiger partial charge in [0.2, 0.25) is 0 Å². The fourth-order valence-electron chi connectivity index (χ4n) is 2.60. The van der Waals surface area contributed by atoms with Gasteiger partial charge in [0, 0.05) is 10.6 Å². The Morgan fingerprint density at radius 3 is 2.22 bits per heavy atom. The molecule has 0 heterocycles. The second kappa shape index (κ2) is 6.05. The molecule has 0 aromatic heterocycles. The molecule has 1 rings (SSSR count). The van der Waals surface area contributed by atoms with Crippen molar-refractivity contribution >= 4 is 11.6 Å². The standard InChI is InChI=1S/C15H24ClNO/c1-6-15(7-2,17(4)5)14(18)12-9-8-11(3)13(16)10-12/h8-10,14,18H,6-7H2,1-5H3. The van der Waals surface area contributed by atoms with E-state index >= 15 is 0 Å². The van der Waals surface area contributed by atoms with Gasteiger partial charge in [-0.2, -0.15) is 0 Å². The lowest BCUT2D eigenvalue weighted by Crippen LogP contribution is -2.48. The fourth-order valence-corrected chi connectivity index (χ4v) is 2.79. The summed E-state index contributed by atoms with van der Waals surface area (Å²) in [4.78, 5) is 2.12. The Labute approximate surface area is 116 Å². The predicted molar refractivity (Wildman–Crippen MR) is 78.1 cm³/mol. The van der Waals surface area contributed by atoms with Crippen LogP contribution in [-0.2, 0) is 0 Å². The molecule has 2 nitrogen and oxygen atoms in total. The highest BCUT2D eigenvalue weighted by molar-refractivity contribution is 6.31. The van der Waals surface area contributed by atoms with Gasteiger partial charge in [-0.3, -0.25) is 0 Å². The minimum atomic E-state index is -0.527. The highest BCUT2D eigenvalue weighted by Gasteiger charge is 2.37. The maximum absolute atomic E-state index is 10.7. The van der Waals surface area contributed by atoms with Crippen LogP contribution < -0.4 is 0 Å². The van der Waals surface area contributed by atoms with Crippen molar-refractivity contribution in [1.29, 1.82) is 0 Å². The Bertz CT molecular complexity index is 399. The van der Waals surface area contributed by atoms with Crippen LogP contribution in [-0.4, -0.2) is 29.6 Å². The van der Waals surface area contributed by atoms with Crippen LogP contribution >= 0.6 is 11.6 Å². The molecule has 0 spiro atoms. The van der Waals surface area contributed by atoms with Crippen molar-refractivity contribution in [2.45, 2.75) is 45.3 Å². The Hall–Kier alpha value is -0.570. The largest absolute Gasteiger partial charge is 0.386 e. The Morgan fingerprint density at radius 2 is 1.83 bits per heavy atom. The van der Waals surface area contributed by atoms with Crippen LogP contribution in [0.4, 0.5) is 0 Å². The number of nitrogens with zero attached hydrogens (tertiary/aromatic N) is 1. The number of aliphatic hydroxyl groups excluding tert-OH is 1. The number of hydrogen-bond acceptors (Lipinski definition) is 2. The van der Waals surface area contributed by atoms with E-state index in [-0.39, 0.29) is 5.54 Å². The van der Waals surface area contributed by atoms with E-state index in [1.54, 1.807) is 0 Å². The van der Waals surface area contributed by atoms with E-state index in [0.29, 0.717) is 5.02 Å². The molecule has 0 saturated carbocycles. The van der Waals surface area contributed by atoms with Crippen molar-refractivity contribution in [3.05, 3.63) is 34.3 Å². The zero-order valence-corrected chi connectivity index (χ0v) is 12.8. The van der Waals surface area contributed by atoms with E-state index in [4.69, 9.17) is 11.6 Å². The second-order valence-corrected chi connectivity index (χ2v) is 5.52. The molecule has 0 bridgehead atoms. The Balaban J connectivity index is 3.17. The average molecular weight is 270 g/mol. The van der Waals surface area contributed by atoms with Gasteiger partial charge in [-0.15, -0.1) is 0 Å². The summed E-state index contributed by atoms with van der Waals surface area (Å²) in [6, 6.07) is 5.81. The van der Waals surface area contributed by atoms with Crippen molar-refractivity contribution < 1.29 is 5.11 Å². The van der Waals surface area contributed by atoms with E-state index in [2.05, 4.69) is 18.7 Å². The third kappa shape index (κ3) is 2.71. The lowest BCUT2D eigenvalue weighted by molar-refractivity contribution is -0.0149. The normalized spacial score (nSPS) is 14.0. The first-order valence-electron chi connectivity index (χ1n) is 6.50. The van der Waals surface area contributed by atoms with Crippen LogP contribution in [0.2, 0.25) is 5.02 Å². The van der Waals surface area contributed by atoms with Crippen LogP contribution in [0, 0.1) is 6.92 Å². The number of halogens is 1. The maximum Gasteiger partial charge on any atom is 0.0973 e. The summed E-state index contributed by atoms with van der Waals surface area (Å²) in [5.41, 5.74) is 1.69. The molecule has 0 radical (unpaired) electrons. The van der Waals surface area contributed by atoms with Gasteiger partial charge in [-0.25, -0.2) is 0 Å². The number of likely N-dealkylation sites (N-methyl/N-ethyl adjacent to an activating group) is 1. The van der Waals surface area contributed by atoms with Crippen molar-refractivity contribution in [1.82, 2.24) is 4.90 Å². The molecule has 1 unspecified atom stereocenters. The molecule has 1 atom stereocenters. The van der Waals surface area contributed by atoms with Gasteiger partial charge in [-0.05, 0) is 51.1 Å². The summed E-state index contributed by atoms with van der Waals surface area (Å²) in [5, 5.41) is 11.4. The molecular weight excluding hydrogens is 246 g/mol.